The fourth-order valence-electron chi connectivity index (χ4n) is 3.94. The van der Waals surface area contributed by atoms with Crippen molar-refractivity contribution in [2.24, 2.45) is 5.92 Å². The summed E-state index contributed by atoms with van der Waals surface area (Å²) >= 11 is 3.71. The zero-order valence-corrected chi connectivity index (χ0v) is 13.8. The van der Waals surface area contributed by atoms with Crippen LogP contribution < -0.4 is 4.90 Å². The largest absolute Gasteiger partial charge is 0.389 e. The average molecular weight is 338 g/mol. The fourth-order valence-corrected chi connectivity index (χ4v) is 4.56. The van der Waals surface area contributed by atoms with Gasteiger partial charge in [-0.3, -0.25) is 0 Å². The summed E-state index contributed by atoms with van der Waals surface area (Å²) in [6, 6.07) is 7.05. The molecule has 1 aliphatic carbocycles. The molecule has 2 aliphatic rings. The maximum absolute atomic E-state index is 9.69. The number of nitrogens with zero attached hydrogens (tertiary/aromatic N) is 1. The summed E-state index contributed by atoms with van der Waals surface area (Å²) in [7, 11) is 0. The van der Waals surface area contributed by atoms with Crippen LogP contribution >= 0.6 is 15.9 Å². The van der Waals surface area contributed by atoms with Crippen LogP contribution in [-0.4, -0.2) is 17.7 Å². The van der Waals surface area contributed by atoms with Gasteiger partial charge in [0.25, 0.3) is 0 Å². The van der Waals surface area contributed by atoms with E-state index in [1.807, 2.05) is 6.92 Å². The normalized spacial score (nSPS) is 25.4. The maximum Gasteiger partial charge on any atom is 0.0762 e. The van der Waals surface area contributed by atoms with Gasteiger partial charge in [-0.25, -0.2) is 0 Å². The predicted molar refractivity (Wildman–Crippen MR) is 87.1 cm³/mol. The maximum atomic E-state index is 9.69. The molecule has 2 nitrogen and oxygen atoms in total. The molecule has 0 amide bonds. The monoisotopic (exact) mass is 337 g/mol. The van der Waals surface area contributed by atoms with E-state index >= 15 is 0 Å². The second kappa shape index (κ2) is 6.07. The number of anilines is 1. The van der Waals surface area contributed by atoms with Crippen molar-refractivity contribution in [2.45, 2.75) is 57.6 Å². The van der Waals surface area contributed by atoms with E-state index in [0.717, 1.165) is 22.0 Å². The van der Waals surface area contributed by atoms with Crippen LogP contribution in [0, 0.1) is 5.92 Å². The summed E-state index contributed by atoms with van der Waals surface area (Å²) in [5.41, 5.74) is 2.29. The summed E-state index contributed by atoms with van der Waals surface area (Å²) < 4.78 is 1.13. The Hall–Kier alpha value is -0.540. The molecule has 3 heteroatoms. The molecule has 0 spiro atoms. The fraction of sp³-hybridized carbons (Fsp3) is 0.647. The van der Waals surface area contributed by atoms with Crippen molar-refractivity contribution >= 4 is 21.6 Å². The van der Waals surface area contributed by atoms with Gasteiger partial charge in [-0.2, -0.15) is 0 Å². The van der Waals surface area contributed by atoms with Gasteiger partial charge in [0.1, 0.15) is 0 Å². The third kappa shape index (κ3) is 2.75. The number of rotatable bonds is 3. The molecule has 110 valence electrons. The Labute approximate surface area is 130 Å². The van der Waals surface area contributed by atoms with Crippen LogP contribution in [0.3, 0.4) is 0 Å². The number of aliphatic hydroxyl groups excluding tert-OH is 1. The van der Waals surface area contributed by atoms with Gasteiger partial charge in [0, 0.05) is 17.1 Å². The molecular formula is C17H24BrNO. The highest BCUT2D eigenvalue weighted by molar-refractivity contribution is 9.10. The summed E-state index contributed by atoms with van der Waals surface area (Å²) in [4.78, 5) is 2.60. The highest BCUT2D eigenvalue weighted by Crippen LogP contribution is 2.40. The lowest BCUT2D eigenvalue weighted by molar-refractivity contribution is 0.199. The molecular weight excluding hydrogens is 314 g/mol. The molecule has 1 heterocycles. The molecule has 1 N–H and O–H groups in total. The first-order chi connectivity index (χ1) is 9.66. The van der Waals surface area contributed by atoms with E-state index in [4.69, 9.17) is 0 Å². The van der Waals surface area contributed by atoms with Gasteiger partial charge in [0.2, 0.25) is 0 Å². The van der Waals surface area contributed by atoms with Crippen LogP contribution in [0.2, 0.25) is 0 Å². The van der Waals surface area contributed by atoms with E-state index in [2.05, 4.69) is 39.0 Å². The number of benzene rings is 1. The Morgan fingerprint density at radius 1 is 1.20 bits per heavy atom. The van der Waals surface area contributed by atoms with Gasteiger partial charge in [0.05, 0.1) is 11.8 Å². The van der Waals surface area contributed by atoms with E-state index in [9.17, 15) is 5.11 Å². The number of hydrogen-bond donors (Lipinski definition) is 1. The third-order valence-electron chi connectivity index (χ3n) is 5.01. The Balaban J connectivity index is 1.83. The minimum absolute atomic E-state index is 0.399. The summed E-state index contributed by atoms with van der Waals surface area (Å²) in [5, 5.41) is 9.69. The number of hydrogen-bond acceptors (Lipinski definition) is 2. The zero-order valence-electron chi connectivity index (χ0n) is 12.2. The molecule has 0 aromatic heterocycles. The van der Waals surface area contributed by atoms with E-state index in [1.54, 1.807) is 0 Å². The Bertz CT molecular complexity index is 468. The SMILES string of the molecule is CC(O)c1ccc(N2CCCC2C2CCCC2)c(Br)c1. The van der Waals surface area contributed by atoms with Gasteiger partial charge in [0.15, 0.2) is 0 Å². The van der Waals surface area contributed by atoms with E-state index in [0.29, 0.717) is 0 Å². The van der Waals surface area contributed by atoms with E-state index in [1.165, 1.54) is 50.8 Å². The van der Waals surface area contributed by atoms with Crippen molar-refractivity contribution in [3.8, 4) is 0 Å². The first kappa shape index (κ1) is 14.4. The van der Waals surface area contributed by atoms with Gasteiger partial charge in [-0.05, 0) is 72.2 Å². The number of aliphatic hydroxyl groups is 1. The topological polar surface area (TPSA) is 23.5 Å². The van der Waals surface area contributed by atoms with Crippen LogP contribution in [0.4, 0.5) is 5.69 Å². The zero-order chi connectivity index (χ0) is 14.1. The van der Waals surface area contributed by atoms with Crippen molar-refractivity contribution < 1.29 is 5.11 Å². The lowest BCUT2D eigenvalue weighted by Crippen LogP contribution is -2.34. The third-order valence-corrected chi connectivity index (χ3v) is 5.64. The lowest BCUT2D eigenvalue weighted by atomic mass is 9.95. The molecule has 3 rings (SSSR count). The molecule has 1 aliphatic heterocycles. The second-order valence-corrected chi connectivity index (χ2v) is 7.19. The lowest BCUT2D eigenvalue weighted by Gasteiger charge is -2.32. The molecule has 0 bridgehead atoms. The van der Waals surface area contributed by atoms with Gasteiger partial charge < -0.3 is 10.0 Å². The summed E-state index contributed by atoms with van der Waals surface area (Å²) in [5.74, 6) is 0.890. The van der Waals surface area contributed by atoms with E-state index < -0.39 is 6.10 Å². The van der Waals surface area contributed by atoms with Crippen LogP contribution in [-0.2, 0) is 0 Å². The van der Waals surface area contributed by atoms with Gasteiger partial charge >= 0.3 is 0 Å². The summed E-state index contributed by atoms with van der Waals surface area (Å²) in [6.07, 6.45) is 7.90. The first-order valence-corrected chi connectivity index (χ1v) is 8.70. The molecule has 2 fully saturated rings. The minimum Gasteiger partial charge on any atom is -0.389 e. The molecule has 1 aromatic carbocycles. The quantitative estimate of drug-likeness (QED) is 0.866. The van der Waals surface area contributed by atoms with Crippen molar-refractivity contribution in [2.75, 3.05) is 11.4 Å². The minimum atomic E-state index is -0.399. The second-order valence-electron chi connectivity index (χ2n) is 6.33. The Morgan fingerprint density at radius 2 is 1.95 bits per heavy atom. The van der Waals surface area contributed by atoms with Gasteiger partial charge in [-0.15, -0.1) is 0 Å². The molecule has 2 atom stereocenters. The highest BCUT2D eigenvalue weighted by atomic mass is 79.9. The van der Waals surface area contributed by atoms with Crippen LogP contribution in [0.1, 0.15) is 57.1 Å². The molecule has 1 saturated carbocycles. The molecule has 1 saturated heterocycles. The first-order valence-electron chi connectivity index (χ1n) is 7.91. The molecule has 2 unspecified atom stereocenters. The van der Waals surface area contributed by atoms with E-state index in [-0.39, 0.29) is 0 Å². The van der Waals surface area contributed by atoms with Crippen molar-refractivity contribution in [1.82, 2.24) is 0 Å². The highest BCUT2D eigenvalue weighted by Gasteiger charge is 2.34. The Morgan fingerprint density at radius 3 is 2.60 bits per heavy atom. The van der Waals surface area contributed by atoms with Crippen molar-refractivity contribution in [1.29, 1.82) is 0 Å². The predicted octanol–water partition coefficient (Wildman–Crippen LogP) is 4.66. The molecule has 1 aromatic rings. The van der Waals surface area contributed by atoms with Crippen LogP contribution in [0.25, 0.3) is 0 Å². The smallest absolute Gasteiger partial charge is 0.0762 e. The van der Waals surface area contributed by atoms with Crippen molar-refractivity contribution in [3.05, 3.63) is 28.2 Å². The van der Waals surface area contributed by atoms with Gasteiger partial charge in [-0.1, -0.05) is 18.9 Å². The average Bonchev–Trinajstić information content (AvgIpc) is 3.09. The molecule has 20 heavy (non-hydrogen) atoms. The van der Waals surface area contributed by atoms with Crippen molar-refractivity contribution in [3.63, 3.8) is 0 Å². The number of halogens is 1. The van der Waals surface area contributed by atoms with Crippen LogP contribution in [0.15, 0.2) is 22.7 Å². The standard InChI is InChI=1S/C17H24BrNO/c1-12(20)14-8-9-17(15(18)11-14)19-10-4-7-16(19)13-5-2-3-6-13/h8-9,11-13,16,20H,2-7,10H2,1H3. The molecule has 0 radical (unpaired) electrons. The Kier molecular flexibility index (Phi) is 4.37. The van der Waals surface area contributed by atoms with Crippen LogP contribution in [0.5, 0.6) is 0 Å². The summed E-state index contributed by atoms with van der Waals surface area (Å²) in [6.45, 7) is 2.99.